The number of allylic oxidation sites excluding steroid dienone is 2. The van der Waals surface area contributed by atoms with E-state index in [1.807, 2.05) is 6.92 Å². The zero-order valence-electron chi connectivity index (χ0n) is 16.7. The number of nitrogens with zero attached hydrogens (tertiary/aromatic N) is 3. The molecule has 156 valence electrons. The highest BCUT2D eigenvalue weighted by Gasteiger charge is 2.67. The van der Waals surface area contributed by atoms with E-state index < -0.39 is 4.92 Å². The third kappa shape index (κ3) is 2.57. The monoisotopic (exact) mass is 417 g/mol. The van der Waals surface area contributed by atoms with E-state index in [0.29, 0.717) is 28.9 Å². The van der Waals surface area contributed by atoms with Gasteiger partial charge < -0.3 is 4.42 Å². The van der Waals surface area contributed by atoms with Crippen LogP contribution in [0.2, 0.25) is 0 Å². The van der Waals surface area contributed by atoms with Gasteiger partial charge in [-0.15, -0.1) is 0 Å². The summed E-state index contributed by atoms with van der Waals surface area (Å²) in [7, 11) is 0. The van der Waals surface area contributed by atoms with Gasteiger partial charge in [0.1, 0.15) is 11.5 Å². The number of carbonyl (C=O) groups is 2. The molecule has 1 aromatic carbocycles. The van der Waals surface area contributed by atoms with Gasteiger partial charge in [0.15, 0.2) is 0 Å². The molecule has 2 aromatic rings. The maximum atomic E-state index is 13.0. The van der Waals surface area contributed by atoms with Gasteiger partial charge in [0, 0.05) is 17.7 Å². The number of carbonyl (C=O) groups excluding carboxylic acids is 2. The number of benzene rings is 1. The highest BCUT2D eigenvalue weighted by atomic mass is 16.6. The third-order valence-electron chi connectivity index (χ3n) is 7.26. The van der Waals surface area contributed by atoms with Gasteiger partial charge in [0.05, 0.1) is 23.0 Å². The molecule has 1 saturated heterocycles. The number of nitro groups is 1. The second-order valence-electron chi connectivity index (χ2n) is 8.85. The van der Waals surface area contributed by atoms with E-state index in [1.165, 1.54) is 18.3 Å². The summed E-state index contributed by atoms with van der Waals surface area (Å²) in [6.45, 7) is 1.84. The number of non-ortho nitro benzene ring substituents is 1. The summed E-state index contributed by atoms with van der Waals surface area (Å²) in [6, 6.07) is 7.93. The van der Waals surface area contributed by atoms with Crippen LogP contribution in [0.5, 0.6) is 0 Å². The van der Waals surface area contributed by atoms with E-state index in [4.69, 9.17) is 4.42 Å². The standard InChI is InChI=1S/C23H19N3O5/c1-11-2-3-12(26(29)30)8-16(11)19-7-4-13(31-19)10-24-25-22(27)20-14-5-6-15(18-9-17(14)18)21(20)23(25)28/h2-8,10,14-15,17-18,20-21H,9H2,1H3/b24-10-/t14-,15-,17-,18-,20-,21+/m0/s1. The predicted molar refractivity (Wildman–Crippen MR) is 110 cm³/mol. The van der Waals surface area contributed by atoms with Gasteiger partial charge in [-0.2, -0.15) is 10.1 Å². The summed E-state index contributed by atoms with van der Waals surface area (Å²) in [5.74, 6) is 1.19. The van der Waals surface area contributed by atoms with Gasteiger partial charge >= 0.3 is 0 Å². The van der Waals surface area contributed by atoms with Crippen molar-refractivity contribution in [2.24, 2.45) is 40.6 Å². The van der Waals surface area contributed by atoms with Crippen molar-refractivity contribution >= 4 is 23.7 Å². The van der Waals surface area contributed by atoms with E-state index in [2.05, 4.69) is 17.3 Å². The van der Waals surface area contributed by atoms with Crippen LogP contribution >= 0.6 is 0 Å². The lowest BCUT2D eigenvalue weighted by Gasteiger charge is -2.37. The molecule has 7 rings (SSSR count). The molecule has 2 amide bonds. The van der Waals surface area contributed by atoms with E-state index in [-0.39, 0.29) is 41.2 Å². The fourth-order valence-corrected chi connectivity index (χ4v) is 5.73. The molecule has 2 saturated carbocycles. The number of imide groups is 1. The molecule has 8 nitrogen and oxygen atoms in total. The highest BCUT2D eigenvalue weighted by molar-refractivity contribution is 6.06. The number of hydrogen-bond donors (Lipinski definition) is 0. The average Bonchev–Trinajstić information content (AvgIpc) is 3.40. The number of aryl methyl sites for hydroxylation is 1. The molecular formula is C23H19N3O5. The normalized spacial score (nSPS) is 32.6. The molecule has 0 radical (unpaired) electrons. The van der Waals surface area contributed by atoms with Crippen molar-refractivity contribution in [1.82, 2.24) is 5.01 Å². The molecule has 8 heteroatoms. The lowest BCUT2D eigenvalue weighted by Crippen LogP contribution is -2.40. The fourth-order valence-electron chi connectivity index (χ4n) is 5.73. The van der Waals surface area contributed by atoms with Crippen molar-refractivity contribution in [2.75, 3.05) is 0 Å². The van der Waals surface area contributed by atoms with Crippen LogP contribution in [0.1, 0.15) is 17.7 Å². The number of hydrazone groups is 1. The lowest BCUT2D eigenvalue weighted by atomic mass is 9.63. The second kappa shape index (κ2) is 6.23. The van der Waals surface area contributed by atoms with Crippen LogP contribution in [-0.2, 0) is 9.59 Å². The fraction of sp³-hybridized carbons (Fsp3) is 0.348. The lowest BCUT2D eigenvalue weighted by molar-refractivity contribution is -0.384. The first-order valence-electron chi connectivity index (χ1n) is 10.4. The Labute approximate surface area is 177 Å². The third-order valence-corrected chi connectivity index (χ3v) is 7.26. The SMILES string of the molecule is Cc1ccc([N+](=O)[O-])cc1-c1ccc(/C=N\N2C(=O)[C@@H]3[C@H]4C=C[C@@H]([C@@H]5C[C@@H]45)[C@@H]3C2=O)o1. The Kier molecular flexibility index (Phi) is 3.66. The largest absolute Gasteiger partial charge is 0.455 e. The minimum absolute atomic E-state index is 0.0237. The zero-order valence-corrected chi connectivity index (χ0v) is 16.7. The van der Waals surface area contributed by atoms with E-state index in [9.17, 15) is 19.7 Å². The molecule has 5 aliphatic rings. The van der Waals surface area contributed by atoms with Crippen molar-refractivity contribution < 1.29 is 18.9 Å². The molecule has 31 heavy (non-hydrogen) atoms. The van der Waals surface area contributed by atoms with E-state index in [1.54, 1.807) is 18.2 Å². The second-order valence-corrected chi connectivity index (χ2v) is 8.85. The van der Waals surface area contributed by atoms with Gasteiger partial charge in [0.25, 0.3) is 17.5 Å². The Bertz CT molecular complexity index is 1180. The van der Waals surface area contributed by atoms with Gasteiger partial charge in [-0.1, -0.05) is 18.2 Å². The van der Waals surface area contributed by atoms with E-state index in [0.717, 1.165) is 17.0 Å². The molecule has 3 fully saturated rings. The van der Waals surface area contributed by atoms with Crippen LogP contribution in [0.25, 0.3) is 11.3 Å². The minimum Gasteiger partial charge on any atom is -0.455 e. The van der Waals surface area contributed by atoms with Crippen molar-refractivity contribution in [3.8, 4) is 11.3 Å². The molecule has 4 aliphatic carbocycles. The Morgan fingerprint density at radius 3 is 2.42 bits per heavy atom. The average molecular weight is 417 g/mol. The van der Waals surface area contributed by atoms with Gasteiger partial charge in [-0.05, 0) is 54.7 Å². The van der Waals surface area contributed by atoms with Crippen LogP contribution in [0.4, 0.5) is 5.69 Å². The van der Waals surface area contributed by atoms with E-state index >= 15 is 0 Å². The maximum absolute atomic E-state index is 13.0. The van der Waals surface area contributed by atoms with Gasteiger partial charge in [-0.25, -0.2) is 0 Å². The van der Waals surface area contributed by atoms with Crippen molar-refractivity contribution in [3.63, 3.8) is 0 Å². The molecule has 0 unspecified atom stereocenters. The predicted octanol–water partition coefficient (Wildman–Crippen LogP) is 3.55. The number of rotatable bonds is 4. The first-order chi connectivity index (χ1) is 14.9. The molecule has 1 aromatic heterocycles. The Morgan fingerprint density at radius 2 is 1.77 bits per heavy atom. The number of furan rings is 1. The summed E-state index contributed by atoms with van der Waals surface area (Å²) < 4.78 is 5.78. The van der Waals surface area contributed by atoms with Crippen LogP contribution in [0, 0.1) is 52.5 Å². The topological polar surface area (TPSA) is 106 Å². The Morgan fingerprint density at radius 1 is 1.10 bits per heavy atom. The Hall–Kier alpha value is -3.55. The van der Waals surface area contributed by atoms with Crippen molar-refractivity contribution in [2.45, 2.75) is 13.3 Å². The molecular weight excluding hydrogens is 398 g/mol. The molecule has 6 atom stereocenters. The first kappa shape index (κ1) is 18.2. The maximum Gasteiger partial charge on any atom is 0.270 e. The minimum atomic E-state index is -0.454. The van der Waals surface area contributed by atoms with Gasteiger partial charge in [0.2, 0.25) is 0 Å². The zero-order chi connectivity index (χ0) is 21.4. The summed E-state index contributed by atoms with van der Waals surface area (Å²) in [6.07, 6.45) is 6.72. The summed E-state index contributed by atoms with van der Waals surface area (Å²) in [4.78, 5) is 36.5. The quantitative estimate of drug-likeness (QED) is 0.249. The highest BCUT2D eigenvalue weighted by Crippen LogP contribution is 2.65. The van der Waals surface area contributed by atoms with Crippen molar-refractivity contribution in [3.05, 3.63) is 63.9 Å². The molecule has 1 aliphatic heterocycles. The van der Waals surface area contributed by atoms with Crippen LogP contribution < -0.4 is 0 Å². The molecule has 0 spiro atoms. The smallest absolute Gasteiger partial charge is 0.270 e. The van der Waals surface area contributed by atoms with Crippen molar-refractivity contribution in [1.29, 1.82) is 0 Å². The van der Waals surface area contributed by atoms with Crippen LogP contribution in [0.15, 0.2) is 52.0 Å². The summed E-state index contributed by atoms with van der Waals surface area (Å²) >= 11 is 0. The summed E-state index contributed by atoms with van der Waals surface area (Å²) in [5.41, 5.74) is 1.42. The van der Waals surface area contributed by atoms with Crippen LogP contribution in [0.3, 0.4) is 0 Å². The molecule has 0 N–H and O–H groups in total. The Balaban J connectivity index is 1.25. The number of hydrogen-bond acceptors (Lipinski definition) is 6. The molecule has 2 heterocycles. The molecule has 2 bridgehead atoms. The number of amides is 2. The van der Waals surface area contributed by atoms with Gasteiger partial charge in [-0.3, -0.25) is 19.7 Å². The van der Waals surface area contributed by atoms with Crippen LogP contribution in [-0.4, -0.2) is 28.0 Å². The first-order valence-corrected chi connectivity index (χ1v) is 10.4. The number of nitro benzene ring substituents is 1. The summed E-state index contributed by atoms with van der Waals surface area (Å²) in [5, 5.41) is 16.3.